The summed E-state index contributed by atoms with van der Waals surface area (Å²) >= 11 is 0. The summed E-state index contributed by atoms with van der Waals surface area (Å²) in [4.78, 5) is 13.0. The average molecular weight is 529 g/mol. The summed E-state index contributed by atoms with van der Waals surface area (Å²) < 4.78 is 29.7. The van der Waals surface area contributed by atoms with Gasteiger partial charge in [0.1, 0.15) is 0 Å². The van der Waals surface area contributed by atoms with Crippen LogP contribution in [0.2, 0.25) is 0 Å². The Bertz CT molecular complexity index is 1550. The predicted octanol–water partition coefficient (Wildman–Crippen LogP) is 5.23. The molecule has 1 saturated carbocycles. The fraction of sp³-hybridized carbons (Fsp3) is 0.296. The molecule has 1 atom stereocenters. The van der Waals surface area contributed by atoms with Gasteiger partial charge in [0.05, 0.1) is 30.4 Å². The fourth-order valence-electron chi connectivity index (χ4n) is 4.77. The zero-order valence-electron chi connectivity index (χ0n) is 20.9. The highest BCUT2D eigenvalue weighted by Gasteiger charge is 2.27. The molecule has 194 valence electrons. The van der Waals surface area contributed by atoms with E-state index >= 15 is 0 Å². The lowest BCUT2D eigenvalue weighted by atomic mass is 9.96. The Morgan fingerprint density at radius 1 is 1.08 bits per heavy atom. The molecule has 3 heterocycles. The first kappa shape index (κ1) is 25.4. The van der Waals surface area contributed by atoms with Crippen LogP contribution in [0.3, 0.4) is 0 Å². The molecule has 1 aromatic carbocycles. The van der Waals surface area contributed by atoms with Crippen molar-refractivity contribution in [1.29, 1.82) is 5.26 Å². The van der Waals surface area contributed by atoms with Crippen molar-refractivity contribution in [1.82, 2.24) is 24.7 Å². The highest BCUT2D eigenvalue weighted by atomic mass is 32.2. The standard InChI is InChI=1S/C27H28N8O2S/c1-19-5-4-8-26(31-19)38(36,37)34-23-11-9-22(10-12-23)32-27-29-16-14-24(33-27)21-17-30-35(18-21)25(13-15-28)20-6-2-3-7-20/h4-5,8-12,14,16-18,20,25,34H,2-3,6-7,13H2,1H3,(H,29,32,33). The highest BCUT2D eigenvalue weighted by Crippen LogP contribution is 2.36. The molecule has 1 aliphatic carbocycles. The number of pyridine rings is 1. The third-order valence-corrected chi connectivity index (χ3v) is 7.95. The summed E-state index contributed by atoms with van der Waals surface area (Å²) in [6.45, 7) is 1.74. The van der Waals surface area contributed by atoms with Gasteiger partial charge in [-0.05, 0) is 68.1 Å². The quantitative estimate of drug-likeness (QED) is 0.301. The van der Waals surface area contributed by atoms with Crippen LogP contribution in [-0.2, 0) is 10.0 Å². The van der Waals surface area contributed by atoms with E-state index in [-0.39, 0.29) is 11.1 Å². The van der Waals surface area contributed by atoms with Gasteiger partial charge in [-0.15, -0.1) is 0 Å². The maximum atomic E-state index is 12.6. The molecule has 0 spiro atoms. The Kier molecular flexibility index (Phi) is 7.33. The minimum absolute atomic E-state index is 0.0320. The van der Waals surface area contributed by atoms with E-state index in [2.05, 4.69) is 36.2 Å². The Morgan fingerprint density at radius 3 is 2.58 bits per heavy atom. The van der Waals surface area contributed by atoms with E-state index in [1.807, 2.05) is 16.9 Å². The van der Waals surface area contributed by atoms with E-state index in [4.69, 9.17) is 0 Å². The smallest absolute Gasteiger partial charge is 0.279 e. The first-order valence-electron chi connectivity index (χ1n) is 12.5. The van der Waals surface area contributed by atoms with Crippen LogP contribution in [0.4, 0.5) is 17.3 Å². The molecular weight excluding hydrogens is 500 g/mol. The third kappa shape index (κ3) is 5.81. The molecule has 0 aliphatic heterocycles. The molecular formula is C27H28N8O2S. The molecule has 3 aromatic heterocycles. The maximum absolute atomic E-state index is 12.6. The lowest BCUT2D eigenvalue weighted by molar-refractivity contribution is 0.315. The monoisotopic (exact) mass is 528 g/mol. The molecule has 4 aromatic rings. The zero-order valence-corrected chi connectivity index (χ0v) is 21.8. The maximum Gasteiger partial charge on any atom is 0.279 e. The van der Waals surface area contributed by atoms with Crippen LogP contribution in [0.1, 0.15) is 43.8 Å². The number of aromatic nitrogens is 5. The minimum Gasteiger partial charge on any atom is -0.324 e. The lowest BCUT2D eigenvalue weighted by Gasteiger charge is -2.21. The summed E-state index contributed by atoms with van der Waals surface area (Å²) in [6.07, 6.45) is 10.5. The number of nitrogens with one attached hydrogen (secondary N) is 2. The number of hydrogen-bond acceptors (Lipinski definition) is 8. The molecule has 1 aliphatic rings. The molecule has 5 rings (SSSR count). The van der Waals surface area contributed by atoms with Gasteiger partial charge in [0.2, 0.25) is 5.95 Å². The number of rotatable bonds is 9. The molecule has 10 nitrogen and oxygen atoms in total. The third-order valence-electron chi connectivity index (χ3n) is 6.67. The molecule has 11 heteroatoms. The second-order valence-electron chi connectivity index (χ2n) is 9.37. The van der Waals surface area contributed by atoms with Crippen LogP contribution in [0.15, 0.2) is 72.1 Å². The van der Waals surface area contributed by atoms with Crippen LogP contribution < -0.4 is 10.0 Å². The summed E-state index contributed by atoms with van der Waals surface area (Å²) in [5.41, 5.74) is 3.30. The van der Waals surface area contributed by atoms with Crippen LogP contribution in [0, 0.1) is 24.2 Å². The van der Waals surface area contributed by atoms with E-state index < -0.39 is 10.0 Å². The average Bonchev–Trinajstić information content (AvgIpc) is 3.62. The second-order valence-corrected chi connectivity index (χ2v) is 11.0. The summed E-state index contributed by atoms with van der Waals surface area (Å²) in [7, 11) is -3.79. The van der Waals surface area contributed by atoms with Gasteiger partial charge in [0, 0.05) is 35.0 Å². The van der Waals surface area contributed by atoms with Gasteiger partial charge >= 0.3 is 0 Å². The highest BCUT2D eigenvalue weighted by molar-refractivity contribution is 7.92. The van der Waals surface area contributed by atoms with Gasteiger partial charge in [-0.25, -0.2) is 15.0 Å². The lowest BCUT2D eigenvalue weighted by Crippen LogP contribution is -2.17. The van der Waals surface area contributed by atoms with E-state index in [1.54, 1.807) is 55.7 Å². The second kappa shape index (κ2) is 11.0. The van der Waals surface area contributed by atoms with Gasteiger partial charge in [-0.1, -0.05) is 18.9 Å². The number of anilines is 3. The van der Waals surface area contributed by atoms with Crippen LogP contribution >= 0.6 is 0 Å². The van der Waals surface area contributed by atoms with Crippen molar-refractivity contribution < 1.29 is 8.42 Å². The molecule has 0 amide bonds. The predicted molar refractivity (Wildman–Crippen MR) is 144 cm³/mol. The number of nitrogens with zero attached hydrogens (tertiary/aromatic N) is 6. The molecule has 0 radical (unpaired) electrons. The molecule has 0 saturated heterocycles. The topological polar surface area (TPSA) is 138 Å². The molecule has 2 N–H and O–H groups in total. The van der Waals surface area contributed by atoms with Crippen LogP contribution in [0.5, 0.6) is 0 Å². The van der Waals surface area contributed by atoms with Crippen LogP contribution in [0.25, 0.3) is 11.3 Å². The minimum atomic E-state index is -3.79. The Hall–Kier alpha value is -4.30. The Balaban J connectivity index is 1.27. The van der Waals surface area contributed by atoms with Gasteiger partial charge in [0.15, 0.2) is 5.03 Å². The van der Waals surface area contributed by atoms with Crippen molar-refractivity contribution in [2.45, 2.75) is 50.1 Å². The first-order valence-corrected chi connectivity index (χ1v) is 14.0. The normalized spacial score (nSPS) is 14.6. The van der Waals surface area contributed by atoms with Crippen LogP contribution in [-0.4, -0.2) is 33.2 Å². The number of nitriles is 1. The SMILES string of the molecule is Cc1cccc(S(=O)(=O)Nc2ccc(Nc3nccc(-c4cnn(C(CC#N)C5CCCC5)c4)n3)cc2)n1. The summed E-state index contributed by atoms with van der Waals surface area (Å²) in [6, 6.07) is 15.9. The number of hydrogen-bond donors (Lipinski definition) is 2. The van der Waals surface area contributed by atoms with Crippen molar-refractivity contribution in [3.8, 4) is 17.3 Å². The van der Waals surface area contributed by atoms with E-state index in [0.29, 0.717) is 41.0 Å². The van der Waals surface area contributed by atoms with Gasteiger partial charge in [-0.3, -0.25) is 9.40 Å². The fourth-order valence-corrected chi connectivity index (χ4v) is 5.84. The molecule has 1 unspecified atom stereocenters. The molecule has 38 heavy (non-hydrogen) atoms. The Labute approximate surface area is 221 Å². The van der Waals surface area contributed by atoms with Gasteiger partial charge in [-0.2, -0.15) is 18.8 Å². The van der Waals surface area contributed by atoms with Crippen molar-refractivity contribution in [3.05, 3.63) is 72.8 Å². The summed E-state index contributed by atoms with van der Waals surface area (Å²) in [5, 5.41) is 17.0. The number of aryl methyl sites for hydroxylation is 1. The van der Waals surface area contributed by atoms with Crippen molar-refractivity contribution in [3.63, 3.8) is 0 Å². The molecule has 1 fully saturated rings. The van der Waals surface area contributed by atoms with Gasteiger partial charge in [0.25, 0.3) is 10.0 Å². The Morgan fingerprint density at radius 2 is 1.84 bits per heavy atom. The van der Waals surface area contributed by atoms with Crippen molar-refractivity contribution in [2.24, 2.45) is 5.92 Å². The summed E-state index contributed by atoms with van der Waals surface area (Å²) in [5.74, 6) is 0.877. The van der Waals surface area contributed by atoms with E-state index in [0.717, 1.165) is 18.4 Å². The number of benzene rings is 1. The van der Waals surface area contributed by atoms with Gasteiger partial charge < -0.3 is 5.32 Å². The van der Waals surface area contributed by atoms with E-state index in [1.165, 1.54) is 18.9 Å². The van der Waals surface area contributed by atoms with Crippen molar-refractivity contribution in [2.75, 3.05) is 10.0 Å². The van der Waals surface area contributed by atoms with Crippen molar-refractivity contribution >= 4 is 27.3 Å². The largest absolute Gasteiger partial charge is 0.324 e. The van der Waals surface area contributed by atoms with E-state index in [9.17, 15) is 13.7 Å². The first-order chi connectivity index (χ1) is 18.4. The number of sulfonamides is 1. The molecule has 0 bridgehead atoms. The zero-order chi connectivity index (χ0) is 26.5.